The van der Waals surface area contributed by atoms with Crippen LogP contribution in [0.15, 0.2) is 12.2 Å². The molecular formula is C10H15NO5. The van der Waals surface area contributed by atoms with Crippen molar-refractivity contribution < 1.29 is 23.9 Å². The van der Waals surface area contributed by atoms with Gasteiger partial charge in [0.25, 0.3) is 0 Å². The molecule has 0 bridgehead atoms. The Morgan fingerprint density at radius 2 is 1.75 bits per heavy atom. The molecule has 0 aromatic carbocycles. The Labute approximate surface area is 93.8 Å². The van der Waals surface area contributed by atoms with Gasteiger partial charge in [0.1, 0.15) is 6.61 Å². The van der Waals surface area contributed by atoms with Crippen LogP contribution in [0.4, 0.5) is 0 Å². The zero-order valence-electron chi connectivity index (χ0n) is 9.56. The van der Waals surface area contributed by atoms with Crippen LogP contribution in [-0.4, -0.2) is 50.1 Å². The van der Waals surface area contributed by atoms with Gasteiger partial charge in [-0.05, 0) is 0 Å². The molecule has 0 heterocycles. The van der Waals surface area contributed by atoms with Crippen molar-refractivity contribution in [1.82, 2.24) is 4.90 Å². The predicted molar refractivity (Wildman–Crippen MR) is 55.4 cm³/mol. The number of rotatable bonds is 5. The molecule has 0 aliphatic heterocycles. The largest absolute Gasteiger partial charge is 0.466 e. The van der Waals surface area contributed by atoms with Gasteiger partial charge in [-0.15, -0.1) is 0 Å². The van der Waals surface area contributed by atoms with E-state index in [1.54, 1.807) is 7.05 Å². The third-order valence-corrected chi connectivity index (χ3v) is 1.77. The summed E-state index contributed by atoms with van der Waals surface area (Å²) in [5, 5.41) is 0. The number of ether oxygens (including phenoxy) is 2. The number of carbonyl (C=O) groups excluding carboxylic acids is 3. The number of likely N-dealkylation sites (N-methyl/N-ethyl adjacent to an activating group) is 1. The quantitative estimate of drug-likeness (QED) is 0.479. The lowest BCUT2D eigenvalue weighted by molar-refractivity contribution is -0.140. The van der Waals surface area contributed by atoms with Crippen LogP contribution in [0.1, 0.15) is 6.92 Å². The lowest BCUT2D eigenvalue weighted by Crippen LogP contribution is -2.28. The number of nitrogens with zero attached hydrogens (tertiary/aromatic N) is 1. The van der Waals surface area contributed by atoms with Crippen molar-refractivity contribution in [1.29, 1.82) is 0 Å². The highest BCUT2D eigenvalue weighted by atomic mass is 16.5. The van der Waals surface area contributed by atoms with E-state index in [1.165, 1.54) is 18.9 Å². The van der Waals surface area contributed by atoms with E-state index in [9.17, 15) is 14.4 Å². The van der Waals surface area contributed by atoms with Crippen molar-refractivity contribution in [3.05, 3.63) is 12.2 Å². The SMILES string of the molecule is COC(=O)/C=C/C(=O)OCCN(C)C(C)=O. The molecule has 0 atom stereocenters. The number of methoxy groups -OCH3 is 1. The lowest BCUT2D eigenvalue weighted by atomic mass is 10.5. The summed E-state index contributed by atoms with van der Waals surface area (Å²) in [6.07, 6.45) is 1.94. The van der Waals surface area contributed by atoms with E-state index in [1.807, 2.05) is 0 Å². The van der Waals surface area contributed by atoms with E-state index in [0.717, 1.165) is 12.2 Å². The second kappa shape index (κ2) is 7.44. The molecule has 1 amide bonds. The van der Waals surface area contributed by atoms with E-state index in [2.05, 4.69) is 4.74 Å². The van der Waals surface area contributed by atoms with Crippen LogP contribution in [0.5, 0.6) is 0 Å². The minimum atomic E-state index is -0.651. The first-order valence-electron chi connectivity index (χ1n) is 4.62. The van der Waals surface area contributed by atoms with Gasteiger partial charge in [-0.25, -0.2) is 9.59 Å². The Hall–Kier alpha value is -1.85. The number of amides is 1. The third-order valence-electron chi connectivity index (χ3n) is 1.77. The molecule has 0 fully saturated rings. The Bertz CT molecular complexity index is 298. The average molecular weight is 229 g/mol. The molecule has 0 aliphatic rings. The standard InChI is InChI=1S/C10H15NO5/c1-8(12)11(2)6-7-16-10(14)5-4-9(13)15-3/h4-5H,6-7H2,1-3H3/b5-4+. The van der Waals surface area contributed by atoms with Crippen LogP contribution in [0.3, 0.4) is 0 Å². The van der Waals surface area contributed by atoms with Gasteiger partial charge in [-0.1, -0.05) is 0 Å². The molecule has 0 aromatic heterocycles. The van der Waals surface area contributed by atoms with Crippen LogP contribution in [-0.2, 0) is 23.9 Å². The fourth-order valence-electron chi connectivity index (χ4n) is 0.693. The van der Waals surface area contributed by atoms with Crippen LogP contribution in [0, 0.1) is 0 Å². The first kappa shape index (κ1) is 14.2. The third kappa shape index (κ3) is 6.58. The zero-order valence-corrected chi connectivity index (χ0v) is 9.56. The molecule has 0 unspecified atom stereocenters. The highest BCUT2D eigenvalue weighted by molar-refractivity contribution is 5.91. The fourth-order valence-corrected chi connectivity index (χ4v) is 0.693. The number of hydrogen-bond acceptors (Lipinski definition) is 5. The van der Waals surface area contributed by atoms with Gasteiger partial charge in [0, 0.05) is 26.1 Å². The summed E-state index contributed by atoms with van der Waals surface area (Å²) in [5.41, 5.74) is 0. The summed E-state index contributed by atoms with van der Waals surface area (Å²) < 4.78 is 9.02. The van der Waals surface area contributed by atoms with E-state index < -0.39 is 11.9 Å². The van der Waals surface area contributed by atoms with E-state index in [-0.39, 0.29) is 12.5 Å². The molecule has 6 heteroatoms. The van der Waals surface area contributed by atoms with Crippen LogP contribution in [0.25, 0.3) is 0 Å². The molecule has 0 N–H and O–H groups in total. The molecular weight excluding hydrogens is 214 g/mol. The Morgan fingerprint density at radius 1 is 1.19 bits per heavy atom. The average Bonchev–Trinajstić information content (AvgIpc) is 2.25. The van der Waals surface area contributed by atoms with E-state index in [4.69, 9.17) is 4.74 Å². The lowest BCUT2D eigenvalue weighted by Gasteiger charge is -2.13. The van der Waals surface area contributed by atoms with Crippen molar-refractivity contribution in [2.75, 3.05) is 27.3 Å². The Kier molecular flexibility index (Phi) is 6.58. The summed E-state index contributed by atoms with van der Waals surface area (Å²) in [5.74, 6) is -1.39. The minimum Gasteiger partial charge on any atom is -0.466 e. The first-order valence-corrected chi connectivity index (χ1v) is 4.62. The summed E-state index contributed by atoms with van der Waals surface area (Å²) in [4.78, 5) is 33.8. The minimum absolute atomic E-state index is 0.0838. The second-order valence-electron chi connectivity index (χ2n) is 2.96. The molecule has 16 heavy (non-hydrogen) atoms. The van der Waals surface area contributed by atoms with Gasteiger partial charge in [0.15, 0.2) is 0 Å². The summed E-state index contributed by atoms with van der Waals surface area (Å²) in [6.45, 7) is 1.81. The van der Waals surface area contributed by atoms with Crippen molar-refractivity contribution in [3.63, 3.8) is 0 Å². The van der Waals surface area contributed by atoms with Crippen LogP contribution < -0.4 is 0 Å². The monoisotopic (exact) mass is 229 g/mol. The molecule has 0 aliphatic carbocycles. The topological polar surface area (TPSA) is 72.9 Å². The highest BCUT2D eigenvalue weighted by Crippen LogP contribution is 1.87. The molecule has 0 rings (SSSR count). The molecule has 0 saturated carbocycles. The normalized spacial score (nSPS) is 9.94. The molecule has 90 valence electrons. The molecule has 0 saturated heterocycles. The zero-order chi connectivity index (χ0) is 12.6. The number of esters is 2. The maximum absolute atomic E-state index is 11.0. The van der Waals surface area contributed by atoms with Gasteiger partial charge in [-0.2, -0.15) is 0 Å². The van der Waals surface area contributed by atoms with Gasteiger partial charge < -0.3 is 14.4 Å². The predicted octanol–water partition coefficient (Wildman–Crippen LogP) is -0.263. The molecule has 0 aromatic rings. The number of carbonyl (C=O) groups is 3. The van der Waals surface area contributed by atoms with Crippen molar-refractivity contribution in [2.45, 2.75) is 6.92 Å². The highest BCUT2D eigenvalue weighted by Gasteiger charge is 2.03. The van der Waals surface area contributed by atoms with Crippen LogP contribution >= 0.6 is 0 Å². The van der Waals surface area contributed by atoms with Crippen molar-refractivity contribution in [2.24, 2.45) is 0 Å². The Morgan fingerprint density at radius 3 is 2.25 bits per heavy atom. The van der Waals surface area contributed by atoms with Gasteiger partial charge in [-0.3, -0.25) is 4.79 Å². The van der Waals surface area contributed by atoms with E-state index in [0.29, 0.717) is 6.54 Å². The van der Waals surface area contributed by atoms with Gasteiger partial charge >= 0.3 is 11.9 Å². The van der Waals surface area contributed by atoms with Gasteiger partial charge in [0.05, 0.1) is 13.7 Å². The summed E-state index contributed by atoms with van der Waals surface area (Å²) in [7, 11) is 2.81. The number of hydrogen-bond donors (Lipinski definition) is 0. The first-order chi connectivity index (χ1) is 7.47. The molecule has 0 radical (unpaired) electrons. The van der Waals surface area contributed by atoms with Gasteiger partial charge in [0.2, 0.25) is 5.91 Å². The smallest absolute Gasteiger partial charge is 0.331 e. The second-order valence-corrected chi connectivity index (χ2v) is 2.96. The maximum Gasteiger partial charge on any atom is 0.331 e. The summed E-state index contributed by atoms with van der Waals surface area (Å²) in [6, 6.07) is 0. The molecule has 0 spiro atoms. The van der Waals surface area contributed by atoms with E-state index >= 15 is 0 Å². The van der Waals surface area contributed by atoms with Crippen LogP contribution in [0.2, 0.25) is 0 Å². The van der Waals surface area contributed by atoms with Crippen molar-refractivity contribution >= 4 is 17.8 Å². The van der Waals surface area contributed by atoms with Crippen molar-refractivity contribution in [3.8, 4) is 0 Å². The fraction of sp³-hybridized carbons (Fsp3) is 0.500. The Balaban J connectivity index is 3.78. The summed E-state index contributed by atoms with van der Waals surface area (Å²) >= 11 is 0. The molecule has 6 nitrogen and oxygen atoms in total. The maximum atomic E-state index is 11.0.